The molecule has 2 N–H and O–H groups in total. The molecule has 0 saturated carbocycles. The number of aliphatic hydroxyl groups excluding tert-OH is 1. The van der Waals surface area contributed by atoms with Gasteiger partial charge < -0.3 is 15.2 Å². The summed E-state index contributed by atoms with van der Waals surface area (Å²) >= 11 is 12.4. The number of halogens is 2. The third-order valence-corrected chi connectivity index (χ3v) is 7.29. The third kappa shape index (κ3) is 5.08. The van der Waals surface area contributed by atoms with Gasteiger partial charge in [0.15, 0.2) is 0 Å². The molecule has 3 aromatic carbocycles. The molecule has 0 bridgehead atoms. The van der Waals surface area contributed by atoms with Crippen LogP contribution in [0.25, 0.3) is 0 Å². The highest BCUT2D eigenvalue weighted by Gasteiger charge is 2.44. The topological polar surface area (TPSA) is 75.6 Å². The molecule has 0 heterocycles. The van der Waals surface area contributed by atoms with E-state index in [0.29, 0.717) is 22.2 Å². The van der Waals surface area contributed by atoms with Crippen molar-refractivity contribution < 1.29 is 19.4 Å². The Morgan fingerprint density at radius 3 is 2.14 bits per heavy atom. The van der Waals surface area contributed by atoms with Crippen LogP contribution in [0.3, 0.4) is 0 Å². The quantitative estimate of drug-likeness (QED) is 0.327. The number of carbonyl (C=O) groups excluding carboxylic acids is 2. The first-order valence-corrected chi connectivity index (χ1v) is 12.3. The molecule has 1 atom stereocenters. The predicted molar refractivity (Wildman–Crippen MR) is 137 cm³/mol. The minimum absolute atomic E-state index is 0.0233. The number of fused-ring (bicyclic) bond motifs is 1. The van der Waals surface area contributed by atoms with Gasteiger partial charge in [0.05, 0.1) is 5.41 Å². The zero-order valence-electron chi connectivity index (χ0n) is 19.4. The summed E-state index contributed by atoms with van der Waals surface area (Å²) in [6, 6.07) is 20.4. The van der Waals surface area contributed by atoms with Crippen LogP contribution in [0.4, 0.5) is 0 Å². The minimum atomic E-state index is -0.999. The molecule has 0 saturated heterocycles. The summed E-state index contributed by atoms with van der Waals surface area (Å²) in [6.07, 6.45) is 3.02. The standard InChI is InChI=1S/C28H27Cl2NO4/c1-31-27(34)28(19-8-12-21(29)13-9-19,20-10-14-22(30)15-11-20)16-18-4-2-6-24-23(18)5-3-7-25(24)35-26(33)17-32/h3,5,7-15,18,32H,2,4,6,16-17H2,1H3,(H,31,34). The van der Waals surface area contributed by atoms with E-state index >= 15 is 0 Å². The highest BCUT2D eigenvalue weighted by molar-refractivity contribution is 6.30. The highest BCUT2D eigenvalue weighted by Crippen LogP contribution is 2.47. The lowest BCUT2D eigenvalue weighted by molar-refractivity contribution is -0.137. The van der Waals surface area contributed by atoms with Crippen molar-refractivity contribution in [2.24, 2.45) is 0 Å². The summed E-state index contributed by atoms with van der Waals surface area (Å²) in [5, 5.41) is 13.2. The molecule has 5 nitrogen and oxygen atoms in total. The predicted octanol–water partition coefficient (Wildman–Crippen LogP) is 5.43. The number of hydrogen-bond acceptors (Lipinski definition) is 4. The SMILES string of the molecule is CNC(=O)C(CC1CCCc2c(OC(=O)CO)cccc21)(c1ccc(Cl)cc1)c1ccc(Cl)cc1. The molecular weight excluding hydrogens is 485 g/mol. The number of benzene rings is 3. The highest BCUT2D eigenvalue weighted by atomic mass is 35.5. The van der Waals surface area contributed by atoms with Crippen molar-refractivity contribution >= 4 is 35.1 Å². The minimum Gasteiger partial charge on any atom is -0.425 e. The number of hydrogen-bond donors (Lipinski definition) is 2. The van der Waals surface area contributed by atoms with Crippen molar-refractivity contribution in [3.63, 3.8) is 0 Å². The molecule has 3 aromatic rings. The van der Waals surface area contributed by atoms with E-state index in [0.717, 1.165) is 41.5 Å². The molecule has 1 amide bonds. The van der Waals surface area contributed by atoms with Crippen molar-refractivity contribution in [3.8, 4) is 5.75 Å². The molecule has 0 aromatic heterocycles. The second-order valence-electron chi connectivity index (χ2n) is 8.75. The molecule has 35 heavy (non-hydrogen) atoms. The number of nitrogens with one attached hydrogen (secondary N) is 1. The summed E-state index contributed by atoms with van der Waals surface area (Å²) in [7, 11) is 1.64. The lowest BCUT2D eigenvalue weighted by Crippen LogP contribution is -2.45. The maximum absolute atomic E-state index is 13.8. The van der Waals surface area contributed by atoms with Crippen molar-refractivity contribution in [1.82, 2.24) is 5.32 Å². The molecule has 4 rings (SSSR count). The van der Waals surface area contributed by atoms with Gasteiger partial charge in [-0.15, -0.1) is 0 Å². The van der Waals surface area contributed by atoms with Gasteiger partial charge in [-0.3, -0.25) is 4.79 Å². The van der Waals surface area contributed by atoms with Gasteiger partial charge in [-0.2, -0.15) is 0 Å². The van der Waals surface area contributed by atoms with E-state index in [1.165, 1.54) is 0 Å². The van der Waals surface area contributed by atoms with Crippen molar-refractivity contribution in [2.75, 3.05) is 13.7 Å². The Hall–Kier alpha value is -2.86. The Kier molecular flexibility index (Phi) is 7.80. The number of rotatable bonds is 7. The molecule has 0 spiro atoms. The lowest BCUT2D eigenvalue weighted by atomic mass is 9.65. The number of esters is 1. The van der Waals surface area contributed by atoms with Gasteiger partial charge in [0, 0.05) is 17.1 Å². The van der Waals surface area contributed by atoms with E-state index in [9.17, 15) is 9.59 Å². The van der Waals surface area contributed by atoms with Crippen molar-refractivity contribution in [1.29, 1.82) is 0 Å². The number of amides is 1. The van der Waals surface area contributed by atoms with Crippen LogP contribution in [-0.2, 0) is 21.4 Å². The summed E-state index contributed by atoms with van der Waals surface area (Å²) in [5.74, 6) is -0.329. The second kappa shape index (κ2) is 10.8. The summed E-state index contributed by atoms with van der Waals surface area (Å²) in [5.41, 5.74) is 2.66. The van der Waals surface area contributed by atoms with Crippen molar-refractivity contribution in [3.05, 3.63) is 99.0 Å². The van der Waals surface area contributed by atoms with Crippen LogP contribution in [0.15, 0.2) is 66.7 Å². The zero-order chi connectivity index (χ0) is 25.0. The maximum Gasteiger partial charge on any atom is 0.337 e. The molecule has 0 aliphatic heterocycles. The van der Waals surface area contributed by atoms with Gasteiger partial charge in [-0.05, 0) is 84.2 Å². The van der Waals surface area contributed by atoms with Gasteiger partial charge in [0.25, 0.3) is 0 Å². The Morgan fingerprint density at radius 1 is 1.00 bits per heavy atom. The van der Waals surface area contributed by atoms with Gasteiger partial charge in [0.2, 0.25) is 5.91 Å². The number of carbonyl (C=O) groups is 2. The average Bonchev–Trinajstić information content (AvgIpc) is 2.88. The van der Waals surface area contributed by atoms with Crippen LogP contribution in [0.1, 0.15) is 47.4 Å². The Bertz CT molecular complexity index is 1160. The van der Waals surface area contributed by atoms with E-state index in [4.69, 9.17) is 33.0 Å². The summed E-state index contributed by atoms with van der Waals surface area (Å²) in [4.78, 5) is 25.6. The van der Waals surface area contributed by atoms with Crippen LogP contribution in [0.5, 0.6) is 5.75 Å². The maximum atomic E-state index is 13.8. The zero-order valence-corrected chi connectivity index (χ0v) is 20.9. The smallest absolute Gasteiger partial charge is 0.337 e. The number of aliphatic hydroxyl groups is 1. The van der Waals surface area contributed by atoms with Gasteiger partial charge in [-0.25, -0.2) is 4.79 Å². The Morgan fingerprint density at radius 2 is 1.60 bits per heavy atom. The average molecular weight is 512 g/mol. The van der Waals surface area contributed by atoms with E-state index in [1.807, 2.05) is 36.4 Å². The van der Waals surface area contributed by atoms with Crippen LogP contribution >= 0.6 is 23.2 Å². The van der Waals surface area contributed by atoms with Crippen LogP contribution in [-0.4, -0.2) is 30.6 Å². The van der Waals surface area contributed by atoms with Gasteiger partial charge in [-0.1, -0.05) is 59.6 Å². The lowest BCUT2D eigenvalue weighted by Gasteiger charge is -2.38. The summed E-state index contributed by atoms with van der Waals surface area (Å²) in [6.45, 7) is -0.681. The number of likely N-dealkylation sites (N-methyl/N-ethyl adjacent to an activating group) is 1. The Labute approximate surface area is 215 Å². The fraction of sp³-hybridized carbons (Fsp3) is 0.286. The molecule has 0 fully saturated rings. The largest absolute Gasteiger partial charge is 0.425 e. The fourth-order valence-electron chi connectivity index (χ4n) is 5.18. The first-order chi connectivity index (χ1) is 16.9. The third-order valence-electron chi connectivity index (χ3n) is 6.78. The van der Waals surface area contributed by atoms with Gasteiger partial charge >= 0.3 is 5.97 Å². The number of ether oxygens (including phenoxy) is 1. The van der Waals surface area contributed by atoms with E-state index < -0.39 is 18.0 Å². The second-order valence-corrected chi connectivity index (χ2v) is 9.62. The van der Waals surface area contributed by atoms with Gasteiger partial charge in [0.1, 0.15) is 12.4 Å². The molecule has 182 valence electrons. The van der Waals surface area contributed by atoms with E-state index in [-0.39, 0.29) is 11.8 Å². The van der Waals surface area contributed by atoms with E-state index in [2.05, 4.69) is 5.32 Å². The fourth-order valence-corrected chi connectivity index (χ4v) is 5.44. The van der Waals surface area contributed by atoms with E-state index in [1.54, 1.807) is 37.4 Å². The molecule has 1 unspecified atom stereocenters. The summed E-state index contributed by atoms with van der Waals surface area (Å²) < 4.78 is 5.41. The molecule has 1 aliphatic rings. The normalized spacial score (nSPS) is 15.3. The van der Waals surface area contributed by atoms with Crippen LogP contribution < -0.4 is 10.1 Å². The first kappa shape index (κ1) is 25.2. The van der Waals surface area contributed by atoms with Crippen molar-refractivity contribution in [2.45, 2.75) is 37.0 Å². The molecular formula is C28H27Cl2NO4. The Balaban J connectivity index is 1.85. The van der Waals surface area contributed by atoms with Crippen LogP contribution in [0, 0.1) is 0 Å². The molecule has 0 radical (unpaired) electrons. The first-order valence-electron chi connectivity index (χ1n) is 11.6. The van der Waals surface area contributed by atoms with Crippen LogP contribution in [0.2, 0.25) is 10.0 Å². The molecule has 1 aliphatic carbocycles. The monoisotopic (exact) mass is 511 g/mol. The molecule has 7 heteroatoms.